The van der Waals surface area contributed by atoms with E-state index in [1.54, 1.807) is 6.07 Å². The number of hydrogen-bond acceptors (Lipinski definition) is 3. The van der Waals surface area contributed by atoms with Gasteiger partial charge in [-0.3, -0.25) is 0 Å². The van der Waals surface area contributed by atoms with Crippen LogP contribution in [0.1, 0.15) is 36.0 Å². The molecule has 2 rings (SSSR count). The molecule has 2 amide bonds. The second-order valence-electron chi connectivity index (χ2n) is 4.80. The van der Waals surface area contributed by atoms with Gasteiger partial charge in [-0.2, -0.15) is 0 Å². The van der Waals surface area contributed by atoms with Gasteiger partial charge in [-0.15, -0.1) is 0 Å². The lowest BCUT2D eigenvalue weighted by Crippen LogP contribution is -2.36. The van der Waals surface area contributed by atoms with Gasteiger partial charge in [0, 0.05) is 12.1 Å². The second-order valence-corrected chi connectivity index (χ2v) is 4.80. The van der Waals surface area contributed by atoms with Crippen molar-refractivity contribution < 1.29 is 19.4 Å². The average molecular weight is 278 g/mol. The van der Waals surface area contributed by atoms with E-state index in [-0.39, 0.29) is 23.3 Å². The number of hydrogen-bond donors (Lipinski definition) is 3. The van der Waals surface area contributed by atoms with Crippen molar-refractivity contribution in [2.24, 2.45) is 0 Å². The van der Waals surface area contributed by atoms with Gasteiger partial charge in [0.2, 0.25) is 0 Å². The minimum absolute atomic E-state index is 0.0346. The lowest BCUT2D eigenvalue weighted by atomic mass is 10.1. The Morgan fingerprint density at radius 2 is 2.00 bits per heavy atom. The summed E-state index contributed by atoms with van der Waals surface area (Å²) < 4.78 is 5.04. The van der Waals surface area contributed by atoms with Crippen molar-refractivity contribution in [1.82, 2.24) is 5.32 Å². The molecule has 1 saturated carbocycles. The van der Waals surface area contributed by atoms with Crippen molar-refractivity contribution in [2.45, 2.75) is 31.7 Å². The summed E-state index contributed by atoms with van der Waals surface area (Å²) in [5, 5.41) is 14.5. The van der Waals surface area contributed by atoms with E-state index in [2.05, 4.69) is 10.6 Å². The van der Waals surface area contributed by atoms with Crippen LogP contribution in [0.15, 0.2) is 18.2 Å². The number of carboxylic acid groups (broad SMARTS) is 1. The second kappa shape index (κ2) is 6.27. The van der Waals surface area contributed by atoms with Gasteiger partial charge in [0.1, 0.15) is 5.75 Å². The Morgan fingerprint density at radius 1 is 1.30 bits per heavy atom. The number of benzene rings is 1. The summed E-state index contributed by atoms with van der Waals surface area (Å²) in [5.41, 5.74) is 0.264. The number of ether oxygens (including phenoxy) is 1. The molecule has 6 nitrogen and oxygen atoms in total. The van der Waals surface area contributed by atoms with Crippen LogP contribution in [-0.2, 0) is 0 Å². The number of aromatic carboxylic acids is 1. The van der Waals surface area contributed by atoms with Crippen LogP contribution in [0.2, 0.25) is 0 Å². The predicted octanol–water partition coefficient (Wildman–Crippen LogP) is 2.46. The molecule has 0 radical (unpaired) electrons. The molecule has 0 saturated heterocycles. The molecule has 0 spiro atoms. The van der Waals surface area contributed by atoms with E-state index in [0.717, 1.165) is 25.7 Å². The fourth-order valence-electron chi connectivity index (χ4n) is 2.35. The first kappa shape index (κ1) is 14.2. The number of urea groups is 1. The highest BCUT2D eigenvalue weighted by molar-refractivity contribution is 6.00. The Labute approximate surface area is 117 Å². The summed E-state index contributed by atoms with van der Waals surface area (Å²) in [4.78, 5) is 23.0. The van der Waals surface area contributed by atoms with Gasteiger partial charge < -0.3 is 20.5 Å². The maximum atomic E-state index is 11.9. The summed E-state index contributed by atoms with van der Waals surface area (Å²) in [5.74, 6) is -0.602. The molecule has 3 N–H and O–H groups in total. The number of carbonyl (C=O) groups is 2. The molecule has 0 atom stereocenters. The first-order valence-electron chi connectivity index (χ1n) is 6.59. The molecule has 1 fully saturated rings. The van der Waals surface area contributed by atoms with Crippen LogP contribution < -0.4 is 15.4 Å². The van der Waals surface area contributed by atoms with Gasteiger partial charge in [-0.05, 0) is 25.0 Å². The number of anilines is 1. The fourth-order valence-corrected chi connectivity index (χ4v) is 2.35. The van der Waals surface area contributed by atoms with E-state index in [4.69, 9.17) is 9.84 Å². The quantitative estimate of drug-likeness (QED) is 0.789. The monoisotopic (exact) mass is 278 g/mol. The third kappa shape index (κ3) is 3.40. The lowest BCUT2D eigenvalue weighted by molar-refractivity contribution is 0.0698. The average Bonchev–Trinajstić information content (AvgIpc) is 2.90. The Hall–Kier alpha value is -2.24. The van der Waals surface area contributed by atoms with Gasteiger partial charge in [0.15, 0.2) is 0 Å². The summed E-state index contributed by atoms with van der Waals surface area (Å²) >= 11 is 0. The predicted molar refractivity (Wildman–Crippen MR) is 74.4 cm³/mol. The Balaban J connectivity index is 2.09. The molecular weight excluding hydrogens is 260 g/mol. The molecule has 0 aliphatic heterocycles. The highest BCUT2D eigenvalue weighted by atomic mass is 16.5. The molecule has 1 aliphatic carbocycles. The van der Waals surface area contributed by atoms with E-state index >= 15 is 0 Å². The van der Waals surface area contributed by atoms with Crippen LogP contribution in [0.25, 0.3) is 0 Å². The van der Waals surface area contributed by atoms with Crippen LogP contribution in [0.5, 0.6) is 5.75 Å². The number of rotatable bonds is 4. The molecule has 1 aliphatic rings. The summed E-state index contributed by atoms with van der Waals surface area (Å²) in [7, 11) is 1.48. The van der Waals surface area contributed by atoms with Crippen LogP contribution in [-0.4, -0.2) is 30.3 Å². The smallest absolute Gasteiger partial charge is 0.337 e. The number of amides is 2. The summed E-state index contributed by atoms with van der Waals surface area (Å²) in [6, 6.07) is 4.25. The van der Waals surface area contributed by atoms with E-state index < -0.39 is 5.97 Å². The molecular formula is C14H18N2O4. The zero-order chi connectivity index (χ0) is 14.5. The maximum Gasteiger partial charge on any atom is 0.337 e. The molecule has 1 aromatic rings. The largest absolute Gasteiger partial charge is 0.497 e. The third-order valence-corrected chi connectivity index (χ3v) is 3.40. The minimum Gasteiger partial charge on any atom is -0.497 e. The SMILES string of the molecule is COc1ccc(C(=O)O)c(NC(=O)NC2CCCC2)c1. The van der Waals surface area contributed by atoms with E-state index in [1.165, 1.54) is 19.2 Å². The lowest BCUT2D eigenvalue weighted by Gasteiger charge is -2.14. The van der Waals surface area contributed by atoms with E-state index in [1.807, 2.05) is 0 Å². The number of carbonyl (C=O) groups excluding carboxylic acids is 1. The van der Waals surface area contributed by atoms with Gasteiger partial charge in [0.25, 0.3) is 0 Å². The zero-order valence-corrected chi connectivity index (χ0v) is 11.3. The molecule has 0 unspecified atom stereocenters. The highest BCUT2D eigenvalue weighted by Crippen LogP contribution is 2.23. The normalized spacial score (nSPS) is 14.8. The number of methoxy groups -OCH3 is 1. The number of nitrogens with one attached hydrogen (secondary N) is 2. The highest BCUT2D eigenvalue weighted by Gasteiger charge is 2.19. The molecule has 0 bridgehead atoms. The Kier molecular flexibility index (Phi) is 4.45. The standard InChI is InChI=1S/C14H18N2O4/c1-20-10-6-7-11(13(17)18)12(8-10)16-14(19)15-9-4-2-3-5-9/h6-9H,2-5H2,1H3,(H,17,18)(H2,15,16,19). The molecule has 0 aromatic heterocycles. The molecule has 6 heteroatoms. The first-order chi connectivity index (χ1) is 9.60. The first-order valence-corrected chi connectivity index (χ1v) is 6.59. The molecule has 0 heterocycles. The summed E-state index contributed by atoms with van der Waals surface area (Å²) in [6.07, 6.45) is 4.17. The van der Waals surface area contributed by atoms with Gasteiger partial charge in [-0.1, -0.05) is 12.8 Å². The van der Waals surface area contributed by atoms with Crippen LogP contribution in [0.3, 0.4) is 0 Å². The zero-order valence-electron chi connectivity index (χ0n) is 11.3. The Bertz CT molecular complexity index is 510. The van der Waals surface area contributed by atoms with Crippen molar-refractivity contribution in [2.75, 3.05) is 12.4 Å². The van der Waals surface area contributed by atoms with Crippen molar-refractivity contribution in [1.29, 1.82) is 0 Å². The molecule has 1 aromatic carbocycles. The van der Waals surface area contributed by atoms with Crippen molar-refractivity contribution in [3.63, 3.8) is 0 Å². The van der Waals surface area contributed by atoms with E-state index in [0.29, 0.717) is 5.75 Å². The fraction of sp³-hybridized carbons (Fsp3) is 0.429. The number of carboxylic acids is 1. The van der Waals surface area contributed by atoms with Crippen LogP contribution in [0.4, 0.5) is 10.5 Å². The van der Waals surface area contributed by atoms with Crippen molar-refractivity contribution in [3.8, 4) is 5.75 Å². The topological polar surface area (TPSA) is 87.7 Å². The van der Waals surface area contributed by atoms with Crippen molar-refractivity contribution >= 4 is 17.7 Å². The van der Waals surface area contributed by atoms with Gasteiger partial charge in [0.05, 0.1) is 18.4 Å². The third-order valence-electron chi connectivity index (χ3n) is 3.40. The van der Waals surface area contributed by atoms with Gasteiger partial charge >= 0.3 is 12.0 Å². The van der Waals surface area contributed by atoms with Crippen LogP contribution >= 0.6 is 0 Å². The van der Waals surface area contributed by atoms with Crippen LogP contribution in [0, 0.1) is 0 Å². The van der Waals surface area contributed by atoms with Crippen molar-refractivity contribution in [3.05, 3.63) is 23.8 Å². The minimum atomic E-state index is -1.09. The maximum absolute atomic E-state index is 11.9. The molecule has 20 heavy (non-hydrogen) atoms. The van der Waals surface area contributed by atoms with E-state index in [9.17, 15) is 9.59 Å². The summed E-state index contributed by atoms with van der Waals surface area (Å²) in [6.45, 7) is 0. The van der Waals surface area contributed by atoms with Gasteiger partial charge in [-0.25, -0.2) is 9.59 Å². The Morgan fingerprint density at radius 3 is 2.60 bits per heavy atom. The molecule has 108 valence electrons.